The summed E-state index contributed by atoms with van der Waals surface area (Å²) >= 11 is 0. The third-order valence-corrected chi connectivity index (χ3v) is 5.39. The van der Waals surface area contributed by atoms with Crippen molar-refractivity contribution >= 4 is 5.96 Å². The number of methoxy groups -OCH3 is 1. The fraction of sp³-hybridized carbons (Fsp3) is 0.435. The van der Waals surface area contributed by atoms with Crippen LogP contribution in [0.3, 0.4) is 0 Å². The SMILES string of the molecule is CN=C(NCc1ccc(F)cc1)NCC(c1ccc(OC)cc1)N1CCCCC1. The summed E-state index contributed by atoms with van der Waals surface area (Å²) in [4.78, 5) is 6.89. The number of hydrogen-bond acceptors (Lipinski definition) is 3. The first-order chi connectivity index (χ1) is 14.2. The molecule has 0 spiro atoms. The van der Waals surface area contributed by atoms with E-state index < -0.39 is 0 Å². The van der Waals surface area contributed by atoms with Gasteiger partial charge in [0.1, 0.15) is 11.6 Å². The molecule has 0 aromatic heterocycles. The average molecular weight is 399 g/mol. The highest BCUT2D eigenvalue weighted by molar-refractivity contribution is 5.79. The predicted octanol–water partition coefficient (Wildman–Crippen LogP) is 3.73. The van der Waals surface area contributed by atoms with E-state index in [0.29, 0.717) is 6.54 Å². The average Bonchev–Trinajstić information content (AvgIpc) is 2.78. The van der Waals surface area contributed by atoms with Crippen molar-refractivity contribution < 1.29 is 9.13 Å². The number of piperidine rings is 1. The molecule has 0 radical (unpaired) electrons. The van der Waals surface area contributed by atoms with Crippen LogP contribution in [0.25, 0.3) is 0 Å². The number of guanidine groups is 1. The summed E-state index contributed by atoms with van der Waals surface area (Å²) < 4.78 is 18.4. The Morgan fingerprint density at radius 3 is 2.34 bits per heavy atom. The molecule has 1 aliphatic rings. The smallest absolute Gasteiger partial charge is 0.191 e. The maximum Gasteiger partial charge on any atom is 0.191 e. The maximum atomic E-state index is 13.1. The molecule has 5 nitrogen and oxygen atoms in total. The lowest BCUT2D eigenvalue weighted by atomic mass is 10.0. The van der Waals surface area contributed by atoms with Crippen molar-refractivity contribution in [3.63, 3.8) is 0 Å². The number of likely N-dealkylation sites (tertiary alicyclic amines) is 1. The number of benzene rings is 2. The Balaban J connectivity index is 1.63. The van der Waals surface area contributed by atoms with Crippen LogP contribution in [0.1, 0.15) is 36.4 Å². The Bertz CT molecular complexity index is 770. The molecule has 2 N–H and O–H groups in total. The second-order valence-electron chi connectivity index (χ2n) is 7.32. The summed E-state index contributed by atoms with van der Waals surface area (Å²) in [6.45, 7) is 3.58. The number of nitrogens with one attached hydrogen (secondary N) is 2. The quantitative estimate of drug-likeness (QED) is 0.551. The van der Waals surface area contributed by atoms with Gasteiger partial charge in [-0.2, -0.15) is 0 Å². The molecular weight excluding hydrogens is 367 g/mol. The number of halogens is 1. The normalized spacial score (nSPS) is 16.3. The van der Waals surface area contributed by atoms with Gasteiger partial charge < -0.3 is 15.4 Å². The monoisotopic (exact) mass is 398 g/mol. The van der Waals surface area contributed by atoms with Crippen molar-refractivity contribution in [2.45, 2.75) is 31.8 Å². The van der Waals surface area contributed by atoms with Crippen LogP contribution in [0.2, 0.25) is 0 Å². The molecule has 0 aliphatic carbocycles. The van der Waals surface area contributed by atoms with Crippen LogP contribution in [0.5, 0.6) is 5.75 Å². The van der Waals surface area contributed by atoms with Gasteiger partial charge >= 0.3 is 0 Å². The van der Waals surface area contributed by atoms with Gasteiger partial charge in [-0.05, 0) is 61.3 Å². The summed E-state index contributed by atoms with van der Waals surface area (Å²) in [7, 11) is 3.46. The predicted molar refractivity (Wildman–Crippen MR) is 116 cm³/mol. The van der Waals surface area contributed by atoms with Gasteiger partial charge in [0.05, 0.1) is 13.2 Å². The molecule has 1 aliphatic heterocycles. The zero-order chi connectivity index (χ0) is 20.5. The number of ether oxygens (including phenoxy) is 1. The van der Waals surface area contributed by atoms with Gasteiger partial charge in [0, 0.05) is 20.1 Å². The van der Waals surface area contributed by atoms with Crippen molar-refractivity contribution in [1.29, 1.82) is 0 Å². The lowest BCUT2D eigenvalue weighted by Crippen LogP contribution is -2.44. The molecule has 0 bridgehead atoms. The minimum atomic E-state index is -0.222. The van der Waals surface area contributed by atoms with Crippen LogP contribution >= 0.6 is 0 Å². The first-order valence-electron chi connectivity index (χ1n) is 10.3. The van der Waals surface area contributed by atoms with E-state index in [-0.39, 0.29) is 11.9 Å². The van der Waals surface area contributed by atoms with Crippen molar-refractivity contribution in [2.75, 3.05) is 33.8 Å². The molecule has 3 rings (SSSR count). The van der Waals surface area contributed by atoms with Crippen LogP contribution in [-0.2, 0) is 6.54 Å². The first-order valence-corrected chi connectivity index (χ1v) is 10.3. The largest absolute Gasteiger partial charge is 0.497 e. The molecule has 1 heterocycles. The second-order valence-corrected chi connectivity index (χ2v) is 7.32. The van der Waals surface area contributed by atoms with E-state index in [1.54, 1.807) is 26.3 Å². The van der Waals surface area contributed by atoms with E-state index in [1.165, 1.54) is 37.0 Å². The molecule has 0 amide bonds. The molecule has 1 fully saturated rings. The van der Waals surface area contributed by atoms with Gasteiger partial charge in [-0.25, -0.2) is 4.39 Å². The first kappa shape index (κ1) is 21.1. The molecule has 1 atom stereocenters. The number of nitrogens with zero attached hydrogens (tertiary/aromatic N) is 2. The van der Waals surface area contributed by atoms with Gasteiger partial charge in [-0.15, -0.1) is 0 Å². The van der Waals surface area contributed by atoms with Crippen molar-refractivity contribution in [2.24, 2.45) is 4.99 Å². The molecule has 2 aromatic rings. The van der Waals surface area contributed by atoms with E-state index in [9.17, 15) is 4.39 Å². The van der Waals surface area contributed by atoms with Crippen LogP contribution in [-0.4, -0.2) is 44.7 Å². The summed E-state index contributed by atoms with van der Waals surface area (Å²) in [5, 5.41) is 6.78. The number of hydrogen-bond donors (Lipinski definition) is 2. The molecule has 0 saturated carbocycles. The highest BCUT2D eigenvalue weighted by atomic mass is 19.1. The fourth-order valence-corrected chi connectivity index (χ4v) is 3.72. The van der Waals surface area contributed by atoms with Gasteiger partial charge in [0.2, 0.25) is 0 Å². The van der Waals surface area contributed by atoms with Crippen LogP contribution in [0, 0.1) is 5.82 Å². The summed E-state index contributed by atoms with van der Waals surface area (Å²) in [5.41, 5.74) is 2.28. The lowest BCUT2D eigenvalue weighted by molar-refractivity contribution is 0.164. The minimum Gasteiger partial charge on any atom is -0.497 e. The van der Waals surface area contributed by atoms with Crippen LogP contribution in [0.4, 0.5) is 4.39 Å². The fourth-order valence-electron chi connectivity index (χ4n) is 3.72. The molecule has 2 aromatic carbocycles. The Kier molecular flexibility index (Phi) is 7.87. The molecule has 6 heteroatoms. The van der Waals surface area contributed by atoms with Crippen molar-refractivity contribution in [3.05, 3.63) is 65.5 Å². The lowest BCUT2D eigenvalue weighted by Gasteiger charge is -2.35. The minimum absolute atomic E-state index is 0.222. The zero-order valence-electron chi connectivity index (χ0n) is 17.3. The summed E-state index contributed by atoms with van der Waals surface area (Å²) in [6, 6.07) is 15.1. The van der Waals surface area contributed by atoms with Gasteiger partial charge in [-0.3, -0.25) is 9.89 Å². The highest BCUT2D eigenvalue weighted by Crippen LogP contribution is 2.25. The number of aliphatic imine (C=N–C) groups is 1. The van der Waals surface area contributed by atoms with Crippen molar-refractivity contribution in [3.8, 4) is 5.75 Å². The molecule has 1 saturated heterocycles. The van der Waals surface area contributed by atoms with E-state index in [0.717, 1.165) is 36.9 Å². The van der Waals surface area contributed by atoms with Crippen LogP contribution in [0.15, 0.2) is 53.5 Å². The Labute approximate surface area is 173 Å². The second kappa shape index (κ2) is 10.8. The highest BCUT2D eigenvalue weighted by Gasteiger charge is 2.22. The van der Waals surface area contributed by atoms with Gasteiger partial charge in [-0.1, -0.05) is 30.7 Å². The Morgan fingerprint density at radius 2 is 1.72 bits per heavy atom. The molecule has 156 valence electrons. The summed E-state index contributed by atoms with van der Waals surface area (Å²) in [5.74, 6) is 1.39. The number of rotatable bonds is 7. The van der Waals surface area contributed by atoms with E-state index in [4.69, 9.17) is 4.74 Å². The third kappa shape index (κ3) is 6.19. The van der Waals surface area contributed by atoms with Gasteiger partial charge in [0.15, 0.2) is 5.96 Å². The van der Waals surface area contributed by atoms with Crippen LogP contribution < -0.4 is 15.4 Å². The molecular formula is C23H31FN4O. The van der Waals surface area contributed by atoms with E-state index in [1.807, 2.05) is 12.1 Å². The van der Waals surface area contributed by atoms with E-state index >= 15 is 0 Å². The van der Waals surface area contributed by atoms with Gasteiger partial charge in [0.25, 0.3) is 0 Å². The van der Waals surface area contributed by atoms with Crippen molar-refractivity contribution in [1.82, 2.24) is 15.5 Å². The zero-order valence-corrected chi connectivity index (χ0v) is 17.3. The maximum absolute atomic E-state index is 13.1. The third-order valence-electron chi connectivity index (χ3n) is 5.39. The molecule has 29 heavy (non-hydrogen) atoms. The Morgan fingerprint density at radius 1 is 1.03 bits per heavy atom. The van der Waals surface area contributed by atoms with E-state index in [2.05, 4.69) is 32.7 Å². The standard InChI is InChI=1S/C23H31FN4O/c1-25-23(26-16-18-6-10-20(24)11-7-18)27-17-22(28-14-4-3-5-15-28)19-8-12-21(29-2)13-9-19/h6-13,22H,3-5,14-17H2,1-2H3,(H2,25,26,27). The Hall–Kier alpha value is -2.60. The summed E-state index contributed by atoms with van der Waals surface area (Å²) in [6.07, 6.45) is 3.79. The topological polar surface area (TPSA) is 48.9 Å². The molecule has 1 unspecified atom stereocenters.